The normalized spacial score (nSPS) is 12.5. The number of ether oxygens (including phenoxy) is 1. The minimum Gasteiger partial charge on any atom is -0.508 e. The zero-order valence-electron chi connectivity index (χ0n) is 9.65. The van der Waals surface area contributed by atoms with Crippen molar-refractivity contribution in [3.63, 3.8) is 0 Å². The summed E-state index contributed by atoms with van der Waals surface area (Å²) in [4.78, 5) is 11.2. The molecule has 19 heavy (non-hydrogen) atoms. The van der Waals surface area contributed by atoms with Crippen molar-refractivity contribution >= 4 is 5.78 Å². The van der Waals surface area contributed by atoms with E-state index in [-0.39, 0.29) is 12.4 Å². The molecule has 0 heterocycles. The maximum Gasteiger partial charge on any atom is 0.411 e. The third-order valence-corrected chi connectivity index (χ3v) is 2.23. The van der Waals surface area contributed by atoms with Gasteiger partial charge in [0.05, 0.1) is 12.7 Å². The summed E-state index contributed by atoms with van der Waals surface area (Å²) in [6.07, 6.45) is -5.37. The summed E-state index contributed by atoms with van der Waals surface area (Å²) in [5, 5.41) is 17.3. The molecule has 0 aliphatic carbocycles. The van der Waals surface area contributed by atoms with Crippen LogP contribution >= 0.6 is 0 Å². The van der Waals surface area contributed by atoms with E-state index < -0.39 is 24.3 Å². The quantitative estimate of drug-likeness (QED) is 0.894. The number of hydrogen-bond donors (Lipinski definition) is 1. The lowest BCUT2D eigenvalue weighted by atomic mass is 10.0. The zero-order chi connectivity index (χ0) is 14.5. The number of alkyl halides is 3. The highest BCUT2D eigenvalue weighted by Crippen LogP contribution is 2.27. The molecule has 102 valence electrons. The number of carbonyl (C=O) groups excluding carboxylic acids is 1. The van der Waals surface area contributed by atoms with Crippen molar-refractivity contribution in [2.45, 2.75) is 12.6 Å². The first-order chi connectivity index (χ1) is 8.84. The van der Waals surface area contributed by atoms with Crippen LogP contribution in [0.25, 0.3) is 0 Å². The third kappa shape index (κ3) is 4.50. The molecule has 0 saturated heterocycles. The van der Waals surface area contributed by atoms with E-state index in [1.165, 1.54) is 24.3 Å². The summed E-state index contributed by atoms with van der Waals surface area (Å²) >= 11 is 0. The van der Waals surface area contributed by atoms with E-state index in [0.29, 0.717) is 5.75 Å². The first-order valence-corrected chi connectivity index (χ1v) is 5.25. The molecule has 0 bridgehead atoms. The fourth-order valence-corrected chi connectivity index (χ4v) is 1.28. The Kier molecular flexibility index (Phi) is 4.75. The number of phenols is 1. The van der Waals surface area contributed by atoms with Crippen LogP contribution in [-0.2, 0) is 4.79 Å². The Labute approximate surface area is 107 Å². The molecule has 1 rings (SSSR count). The van der Waals surface area contributed by atoms with E-state index in [1.807, 2.05) is 0 Å². The fraction of sp³-hybridized carbons (Fsp3) is 0.333. The fourth-order valence-electron chi connectivity index (χ4n) is 1.28. The minimum absolute atomic E-state index is 0.0186. The molecular formula is C12H10F3NO3. The minimum atomic E-state index is -4.86. The molecule has 1 aromatic carbocycles. The number of nitriles is 1. The lowest BCUT2D eigenvalue weighted by Gasteiger charge is -2.12. The number of Topliss-reactive ketones (excluding diaryl/α,β-unsaturated/α-hetero) is 1. The lowest BCUT2D eigenvalue weighted by molar-refractivity contribution is -0.169. The number of halogens is 3. The molecule has 0 amide bonds. The second-order valence-corrected chi connectivity index (χ2v) is 3.66. The smallest absolute Gasteiger partial charge is 0.411 e. The molecule has 0 spiro atoms. The van der Waals surface area contributed by atoms with Gasteiger partial charge in [0.2, 0.25) is 0 Å². The highest BCUT2D eigenvalue weighted by Gasteiger charge is 2.44. The van der Waals surface area contributed by atoms with Gasteiger partial charge in [0.25, 0.3) is 0 Å². The molecule has 4 nitrogen and oxygen atoms in total. The number of rotatable bonds is 5. The van der Waals surface area contributed by atoms with Crippen molar-refractivity contribution in [2.75, 3.05) is 6.61 Å². The average molecular weight is 273 g/mol. The summed E-state index contributed by atoms with van der Waals surface area (Å²) in [5.74, 6) is -3.51. The largest absolute Gasteiger partial charge is 0.508 e. The summed E-state index contributed by atoms with van der Waals surface area (Å²) in [6.45, 7) is -0.266. The number of phenolic OH excluding ortho intramolecular Hbond substituents is 1. The van der Waals surface area contributed by atoms with Crippen LogP contribution in [0.2, 0.25) is 0 Å². The predicted octanol–water partition coefficient (Wildman–Crippen LogP) is 2.43. The Morgan fingerprint density at radius 3 is 2.42 bits per heavy atom. The topological polar surface area (TPSA) is 70.3 Å². The number of nitrogens with zero attached hydrogens (tertiary/aromatic N) is 1. The van der Waals surface area contributed by atoms with E-state index in [2.05, 4.69) is 0 Å². The highest BCUT2D eigenvalue weighted by atomic mass is 19.4. The number of hydrogen-bond acceptors (Lipinski definition) is 4. The van der Waals surface area contributed by atoms with Gasteiger partial charge in [-0.2, -0.15) is 18.4 Å². The molecule has 1 atom stereocenters. The molecule has 0 aliphatic rings. The summed E-state index contributed by atoms with van der Waals surface area (Å²) in [6, 6.07) is 6.43. The molecule has 0 aromatic heterocycles. The van der Waals surface area contributed by atoms with Crippen molar-refractivity contribution in [1.29, 1.82) is 5.26 Å². The molecule has 1 unspecified atom stereocenters. The van der Waals surface area contributed by atoms with Crippen LogP contribution < -0.4 is 4.74 Å². The Morgan fingerprint density at radius 2 is 1.95 bits per heavy atom. The average Bonchev–Trinajstić information content (AvgIpc) is 2.30. The standard InChI is InChI=1S/C12H10F3NO3/c13-12(14,15)10(7-16)11(18)5-6-19-9-3-1-8(17)2-4-9/h1-4,10,17H,5-6H2. The summed E-state index contributed by atoms with van der Waals surface area (Å²) in [7, 11) is 0. The van der Waals surface area contributed by atoms with E-state index >= 15 is 0 Å². The van der Waals surface area contributed by atoms with Crippen molar-refractivity contribution < 1.29 is 27.8 Å². The van der Waals surface area contributed by atoms with Crippen molar-refractivity contribution in [2.24, 2.45) is 5.92 Å². The molecule has 1 N–H and O–H groups in total. The number of ketones is 1. The Bertz CT molecular complexity index is 476. The molecular weight excluding hydrogens is 263 g/mol. The lowest BCUT2D eigenvalue weighted by Crippen LogP contribution is -2.30. The third-order valence-electron chi connectivity index (χ3n) is 2.23. The molecule has 0 aliphatic heterocycles. The van der Waals surface area contributed by atoms with E-state index in [4.69, 9.17) is 15.1 Å². The van der Waals surface area contributed by atoms with Crippen LogP contribution in [0.5, 0.6) is 11.5 Å². The van der Waals surface area contributed by atoms with Gasteiger partial charge < -0.3 is 9.84 Å². The van der Waals surface area contributed by atoms with Crippen molar-refractivity contribution in [1.82, 2.24) is 0 Å². The van der Waals surface area contributed by atoms with Gasteiger partial charge in [-0.3, -0.25) is 4.79 Å². The number of aromatic hydroxyl groups is 1. The van der Waals surface area contributed by atoms with Crippen LogP contribution in [0, 0.1) is 17.2 Å². The Balaban J connectivity index is 2.47. The molecule has 0 saturated carbocycles. The monoisotopic (exact) mass is 273 g/mol. The SMILES string of the molecule is N#CC(C(=O)CCOc1ccc(O)cc1)C(F)(F)F. The maximum absolute atomic E-state index is 12.3. The Hall–Kier alpha value is -2.23. The van der Waals surface area contributed by atoms with Crippen molar-refractivity contribution in [3.05, 3.63) is 24.3 Å². The van der Waals surface area contributed by atoms with Gasteiger partial charge in [-0.25, -0.2) is 0 Å². The van der Waals surface area contributed by atoms with Gasteiger partial charge in [0.1, 0.15) is 11.5 Å². The first kappa shape index (κ1) is 14.8. The summed E-state index contributed by atoms with van der Waals surface area (Å²) in [5.41, 5.74) is 0. The van der Waals surface area contributed by atoms with Crippen LogP contribution in [0.15, 0.2) is 24.3 Å². The highest BCUT2D eigenvalue weighted by molar-refractivity contribution is 5.84. The van der Waals surface area contributed by atoms with Gasteiger partial charge in [-0.05, 0) is 24.3 Å². The molecule has 0 radical (unpaired) electrons. The zero-order valence-corrected chi connectivity index (χ0v) is 9.65. The number of benzene rings is 1. The van der Waals surface area contributed by atoms with Gasteiger partial charge >= 0.3 is 6.18 Å². The van der Waals surface area contributed by atoms with Gasteiger partial charge in [-0.1, -0.05) is 0 Å². The Morgan fingerprint density at radius 1 is 1.37 bits per heavy atom. The summed E-state index contributed by atoms with van der Waals surface area (Å²) < 4.78 is 41.8. The van der Waals surface area contributed by atoms with Gasteiger partial charge in [0, 0.05) is 6.42 Å². The first-order valence-electron chi connectivity index (χ1n) is 5.25. The number of carbonyl (C=O) groups is 1. The van der Waals surface area contributed by atoms with Gasteiger partial charge in [-0.15, -0.1) is 0 Å². The molecule has 0 fully saturated rings. The molecule has 7 heteroatoms. The van der Waals surface area contributed by atoms with E-state index in [0.717, 1.165) is 6.07 Å². The predicted molar refractivity (Wildman–Crippen MR) is 58.4 cm³/mol. The van der Waals surface area contributed by atoms with Crippen molar-refractivity contribution in [3.8, 4) is 17.6 Å². The van der Waals surface area contributed by atoms with E-state index in [9.17, 15) is 18.0 Å². The second kappa shape index (κ2) is 6.09. The second-order valence-electron chi connectivity index (χ2n) is 3.66. The van der Waals surface area contributed by atoms with Crippen LogP contribution in [0.4, 0.5) is 13.2 Å². The molecule has 1 aromatic rings. The van der Waals surface area contributed by atoms with E-state index in [1.54, 1.807) is 0 Å². The van der Waals surface area contributed by atoms with Crippen LogP contribution in [-0.4, -0.2) is 23.7 Å². The van der Waals surface area contributed by atoms with Crippen LogP contribution in [0.1, 0.15) is 6.42 Å². The van der Waals surface area contributed by atoms with Crippen LogP contribution in [0.3, 0.4) is 0 Å². The van der Waals surface area contributed by atoms with Gasteiger partial charge in [0.15, 0.2) is 11.7 Å². The maximum atomic E-state index is 12.3.